The zero-order valence-corrected chi connectivity index (χ0v) is 9.83. The fraction of sp³-hybridized carbons (Fsp3) is 0.0714. The Morgan fingerprint density at radius 1 is 1.06 bits per heavy atom. The second-order valence-corrected chi connectivity index (χ2v) is 3.68. The van der Waals surface area contributed by atoms with Crippen molar-refractivity contribution in [2.24, 2.45) is 0 Å². The van der Waals surface area contributed by atoms with Crippen LogP contribution in [-0.4, -0.2) is 12.5 Å². The Kier molecular flexibility index (Phi) is 3.32. The zero-order valence-electron chi connectivity index (χ0n) is 9.01. The molecule has 0 bridgehead atoms. The van der Waals surface area contributed by atoms with Gasteiger partial charge in [-0.2, -0.15) is 0 Å². The van der Waals surface area contributed by atoms with Gasteiger partial charge in [0.05, 0.1) is 7.11 Å². The van der Waals surface area contributed by atoms with Gasteiger partial charge in [-0.1, -0.05) is 54.7 Å². The van der Waals surface area contributed by atoms with Crippen molar-refractivity contribution in [1.29, 1.82) is 0 Å². The summed E-state index contributed by atoms with van der Waals surface area (Å²) in [7, 11) is 1.68. The molecule has 0 aliphatic rings. The molecule has 0 saturated heterocycles. The number of thiocarbonyl (C=S) groups is 1. The minimum absolute atomic E-state index is 0.852. The summed E-state index contributed by atoms with van der Waals surface area (Å²) in [6, 6.07) is 16.1. The molecule has 1 nitrogen and oxygen atoms in total. The zero-order chi connectivity index (χ0) is 11.4. The van der Waals surface area contributed by atoms with Crippen molar-refractivity contribution in [3.8, 4) is 16.9 Å². The molecule has 2 heteroatoms. The smallest absolute Gasteiger partial charge is 0.127 e. The molecule has 0 amide bonds. The van der Waals surface area contributed by atoms with Crippen LogP contribution in [0.3, 0.4) is 0 Å². The minimum atomic E-state index is 0.852. The molecule has 16 heavy (non-hydrogen) atoms. The Labute approximate surface area is 101 Å². The van der Waals surface area contributed by atoms with E-state index in [9.17, 15) is 0 Å². The minimum Gasteiger partial charge on any atom is -0.496 e. The molecule has 0 N–H and O–H groups in total. The van der Waals surface area contributed by atoms with Gasteiger partial charge in [0.2, 0.25) is 0 Å². The first-order chi connectivity index (χ1) is 7.85. The summed E-state index contributed by atoms with van der Waals surface area (Å²) < 4.78 is 5.38. The van der Waals surface area contributed by atoms with E-state index < -0.39 is 0 Å². The van der Waals surface area contributed by atoms with Crippen LogP contribution in [0.5, 0.6) is 5.75 Å². The van der Waals surface area contributed by atoms with Gasteiger partial charge in [0.15, 0.2) is 0 Å². The topological polar surface area (TPSA) is 9.23 Å². The number of hydrogen-bond acceptors (Lipinski definition) is 2. The molecule has 0 spiro atoms. The molecule has 0 aliphatic heterocycles. The summed E-state index contributed by atoms with van der Waals surface area (Å²) in [4.78, 5) is 0. The highest BCUT2D eigenvalue weighted by Crippen LogP contribution is 2.30. The van der Waals surface area contributed by atoms with Gasteiger partial charge < -0.3 is 4.74 Å². The summed E-state index contributed by atoms with van der Waals surface area (Å²) in [5, 5.41) is 1.65. The van der Waals surface area contributed by atoms with Crippen molar-refractivity contribution in [2.45, 2.75) is 0 Å². The van der Waals surface area contributed by atoms with Gasteiger partial charge in [-0.15, -0.1) is 0 Å². The van der Waals surface area contributed by atoms with Crippen LogP contribution in [0.4, 0.5) is 0 Å². The van der Waals surface area contributed by atoms with E-state index in [2.05, 4.69) is 12.1 Å². The van der Waals surface area contributed by atoms with E-state index in [0.717, 1.165) is 22.4 Å². The molecule has 80 valence electrons. The summed E-state index contributed by atoms with van der Waals surface area (Å²) in [5.41, 5.74) is 3.23. The molecule has 2 aromatic rings. The van der Waals surface area contributed by atoms with E-state index in [-0.39, 0.29) is 0 Å². The maximum atomic E-state index is 5.38. The Morgan fingerprint density at radius 3 is 2.44 bits per heavy atom. The molecule has 0 saturated carbocycles. The van der Waals surface area contributed by atoms with Crippen molar-refractivity contribution in [3.05, 3.63) is 54.1 Å². The van der Waals surface area contributed by atoms with E-state index in [1.54, 1.807) is 12.5 Å². The van der Waals surface area contributed by atoms with Gasteiger partial charge in [-0.3, -0.25) is 0 Å². The first kappa shape index (κ1) is 10.8. The van der Waals surface area contributed by atoms with Crippen molar-refractivity contribution in [3.63, 3.8) is 0 Å². The molecular formula is C14H12OS. The number of ether oxygens (including phenoxy) is 1. The van der Waals surface area contributed by atoms with Gasteiger partial charge in [-0.25, -0.2) is 0 Å². The van der Waals surface area contributed by atoms with Crippen LogP contribution in [0, 0.1) is 0 Å². The molecular weight excluding hydrogens is 216 g/mol. The Hall–Kier alpha value is -1.67. The lowest BCUT2D eigenvalue weighted by Crippen LogP contribution is -1.89. The van der Waals surface area contributed by atoms with E-state index >= 15 is 0 Å². The second kappa shape index (κ2) is 4.90. The summed E-state index contributed by atoms with van der Waals surface area (Å²) in [6.45, 7) is 0. The highest BCUT2D eigenvalue weighted by Gasteiger charge is 2.05. The van der Waals surface area contributed by atoms with Crippen molar-refractivity contribution in [2.75, 3.05) is 7.11 Å². The Bertz CT molecular complexity index is 491. The average Bonchev–Trinajstić information content (AvgIpc) is 2.39. The van der Waals surface area contributed by atoms with Crippen molar-refractivity contribution in [1.82, 2.24) is 0 Å². The molecule has 0 radical (unpaired) electrons. The molecule has 0 aliphatic carbocycles. The largest absolute Gasteiger partial charge is 0.496 e. The maximum Gasteiger partial charge on any atom is 0.127 e. The Balaban J connectivity index is 2.53. The quantitative estimate of drug-likeness (QED) is 0.741. The van der Waals surface area contributed by atoms with Crippen LogP contribution in [0.25, 0.3) is 11.1 Å². The molecule has 0 atom stereocenters. The molecule has 2 aromatic carbocycles. The number of benzene rings is 2. The summed E-state index contributed by atoms with van der Waals surface area (Å²) in [5.74, 6) is 0.852. The second-order valence-electron chi connectivity index (χ2n) is 3.44. The van der Waals surface area contributed by atoms with Crippen molar-refractivity contribution < 1.29 is 4.74 Å². The normalized spacial score (nSPS) is 9.81. The highest BCUT2D eigenvalue weighted by molar-refractivity contribution is 7.79. The Morgan fingerprint density at radius 2 is 1.81 bits per heavy atom. The summed E-state index contributed by atoms with van der Waals surface area (Å²) in [6.07, 6.45) is 0. The van der Waals surface area contributed by atoms with Gasteiger partial charge in [-0.05, 0) is 17.2 Å². The lowest BCUT2D eigenvalue weighted by molar-refractivity contribution is 0.416. The third-order valence-electron chi connectivity index (χ3n) is 2.45. The predicted molar refractivity (Wildman–Crippen MR) is 71.2 cm³/mol. The van der Waals surface area contributed by atoms with E-state index in [1.165, 1.54) is 0 Å². The highest BCUT2D eigenvalue weighted by atomic mass is 32.1. The molecule has 0 heterocycles. The fourth-order valence-corrected chi connectivity index (χ4v) is 1.78. The lowest BCUT2D eigenvalue weighted by atomic mass is 10.0. The first-order valence-electron chi connectivity index (χ1n) is 5.04. The van der Waals surface area contributed by atoms with Crippen LogP contribution in [-0.2, 0) is 0 Å². The van der Waals surface area contributed by atoms with Crippen LogP contribution >= 0.6 is 12.2 Å². The molecule has 0 unspecified atom stereocenters. The fourth-order valence-electron chi connectivity index (χ4n) is 1.64. The number of hydrogen-bond donors (Lipinski definition) is 0. The molecule has 0 aromatic heterocycles. The predicted octanol–water partition coefficient (Wildman–Crippen LogP) is 3.71. The third-order valence-corrected chi connectivity index (χ3v) is 2.72. The van der Waals surface area contributed by atoms with Gasteiger partial charge >= 0.3 is 0 Å². The molecule has 0 fully saturated rings. The SMILES string of the molecule is COc1cc(C=S)ccc1-c1ccccc1. The van der Waals surface area contributed by atoms with Gasteiger partial charge in [0.1, 0.15) is 5.75 Å². The third kappa shape index (κ3) is 2.12. The lowest BCUT2D eigenvalue weighted by Gasteiger charge is -2.09. The van der Waals surface area contributed by atoms with E-state index in [4.69, 9.17) is 17.0 Å². The van der Waals surface area contributed by atoms with Crippen LogP contribution in [0.2, 0.25) is 0 Å². The summed E-state index contributed by atoms with van der Waals surface area (Å²) >= 11 is 4.91. The monoisotopic (exact) mass is 228 g/mol. The standard InChI is InChI=1S/C14H12OS/c1-15-14-9-11(10-16)7-8-13(14)12-5-3-2-4-6-12/h2-10H,1H3. The van der Waals surface area contributed by atoms with Gasteiger partial charge in [0.25, 0.3) is 0 Å². The van der Waals surface area contributed by atoms with Crippen LogP contribution in [0.1, 0.15) is 5.56 Å². The van der Waals surface area contributed by atoms with E-state index in [0.29, 0.717) is 0 Å². The number of rotatable bonds is 3. The van der Waals surface area contributed by atoms with Gasteiger partial charge in [0, 0.05) is 10.9 Å². The molecule has 2 rings (SSSR count). The van der Waals surface area contributed by atoms with E-state index in [1.807, 2.05) is 36.4 Å². The maximum absolute atomic E-state index is 5.38. The first-order valence-corrected chi connectivity index (χ1v) is 5.51. The van der Waals surface area contributed by atoms with Crippen LogP contribution in [0.15, 0.2) is 48.5 Å². The average molecular weight is 228 g/mol. The van der Waals surface area contributed by atoms with Crippen LogP contribution < -0.4 is 4.74 Å². The number of methoxy groups -OCH3 is 1. The van der Waals surface area contributed by atoms with Crippen molar-refractivity contribution >= 4 is 17.6 Å².